The van der Waals surface area contributed by atoms with E-state index in [1.54, 1.807) is 0 Å². The number of hydrogen-bond acceptors (Lipinski definition) is 3. The van der Waals surface area contributed by atoms with Crippen molar-refractivity contribution in [3.63, 3.8) is 0 Å². The maximum absolute atomic E-state index is 4.40. The van der Waals surface area contributed by atoms with Gasteiger partial charge in [-0.25, -0.2) is 0 Å². The first-order chi connectivity index (χ1) is 8.48. The standard InChI is InChI=1S/C14H23AsN3/c1-14(2,3)17-13-9-12(5-7-16-13)18-8-6-11(10-18)15-4/h5,7,9,11H,6,8,10H2,1-4H3,(H,16,17)/t11-/m0/s1. The van der Waals surface area contributed by atoms with Crippen LogP contribution >= 0.6 is 0 Å². The summed E-state index contributed by atoms with van der Waals surface area (Å²) in [6.45, 7) is 8.92. The molecule has 4 heteroatoms. The van der Waals surface area contributed by atoms with Crippen LogP contribution in [0, 0.1) is 0 Å². The van der Waals surface area contributed by atoms with Crippen molar-refractivity contribution >= 4 is 27.3 Å². The number of aromatic nitrogens is 1. The zero-order chi connectivity index (χ0) is 13.2. The van der Waals surface area contributed by atoms with E-state index in [4.69, 9.17) is 0 Å². The Bertz CT molecular complexity index is 400. The number of pyridine rings is 1. The molecule has 0 unspecified atom stereocenters. The Balaban J connectivity index is 2.08. The van der Waals surface area contributed by atoms with Crippen molar-refractivity contribution in [1.82, 2.24) is 4.98 Å². The van der Waals surface area contributed by atoms with Gasteiger partial charge in [0.25, 0.3) is 0 Å². The molecule has 2 heterocycles. The minimum atomic E-state index is 0.0628. The fourth-order valence-corrected chi connectivity index (χ4v) is 3.80. The molecule has 1 aliphatic rings. The summed E-state index contributed by atoms with van der Waals surface area (Å²) in [6, 6.07) is 4.31. The third-order valence-electron chi connectivity index (χ3n) is 3.14. The van der Waals surface area contributed by atoms with Crippen molar-refractivity contribution in [2.75, 3.05) is 23.3 Å². The average molecular weight is 308 g/mol. The van der Waals surface area contributed by atoms with Gasteiger partial charge in [-0.2, -0.15) is 0 Å². The molecule has 1 saturated heterocycles. The minimum absolute atomic E-state index is 0.0628. The van der Waals surface area contributed by atoms with Crippen molar-refractivity contribution in [1.29, 1.82) is 0 Å². The summed E-state index contributed by atoms with van der Waals surface area (Å²) < 4.78 is 0.952. The van der Waals surface area contributed by atoms with Crippen molar-refractivity contribution in [3.8, 4) is 0 Å². The number of anilines is 2. The molecule has 1 N–H and O–H groups in total. The zero-order valence-electron chi connectivity index (χ0n) is 11.8. The predicted octanol–water partition coefficient (Wildman–Crippen LogP) is 3.04. The summed E-state index contributed by atoms with van der Waals surface area (Å²) in [4.78, 5) is 6.90. The Morgan fingerprint density at radius 2 is 2.22 bits per heavy atom. The van der Waals surface area contributed by atoms with Crippen LogP contribution in [0.4, 0.5) is 11.5 Å². The third-order valence-corrected chi connectivity index (χ3v) is 5.56. The molecule has 99 valence electrons. The topological polar surface area (TPSA) is 28.2 Å². The molecular formula is C14H23AsN3. The van der Waals surface area contributed by atoms with Gasteiger partial charge in [0.15, 0.2) is 0 Å². The first-order valence-electron chi connectivity index (χ1n) is 6.56. The summed E-state index contributed by atoms with van der Waals surface area (Å²) in [7, 11) is 0. The summed E-state index contributed by atoms with van der Waals surface area (Å²) >= 11 is 0.515. The van der Waals surface area contributed by atoms with Gasteiger partial charge < -0.3 is 0 Å². The molecule has 1 aromatic rings. The van der Waals surface area contributed by atoms with Crippen molar-refractivity contribution in [2.24, 2.45) is 0 Å². The SMILES string of the molecule is C[As][C@H]1CCN(c2ccnc(NC(C)(C)C)c2)C1. The Kier molecular flexibility index (Phi) is 4.21. The van der Waals surface area contributed by atoms with Gasteiger partial charge in [-0.15, -0.1) is 0 Å². The van der Waals surface area contributed by atoms with Crippen LogP contribution in [0.2, 0.25) is 10.4 Å². The summed E-state index contributed by atoms with van der Waals surface area (Å²) in [6.07, 6.45) is 3.28. The third kappa shape index (κ3) is 3.65. The Morgan fingerprint density at radius 1 is 1.44 bits per heavy atom. The molecule has 0 saturated carbocycles. The van der Waals surface area contributed by atoms with E-state index in [9.17, 15) is 0 Å². The average Bonchev–Trinajstić information content (AvgIpc) is 2.75. The molecule has 1 aromatic heterocycles. The van der Waals surface area contributed by atoms with Gasteiger partial charge in [0.05, 0.1) is 0 Å². The van der Waals surface area contributed by atoms with Crippen molar-refractivity contribution in [2.45, 2.75) is 43.1 Å². The number of nitrogens with zero attached hydrogens (tertiary/aromatic N) is 2. The summed E-state index contributed by atoms with van der Waals surface area (Å²) in [5, 5.41) is 3.44. The van der Waals surface area contributed by atoms with Crippen molar-refractivity contribution in [3.05, 3.63) is 18.3 Å². The van der Waals surface area contributed by atoms with E-state index in [-0.39, 0.29) is 5.54 Å². The van der Waals surface area contributed by atoms with Crippen LogP contribution in [-0.4, -0.2) is 39.4 Å². The van der Waals surface area contributed by atoms with Crippen molar-refractivity contribution < 1.29 is 0 Å². The number of nitrogens with one attached hydrogen (secondary N) is 1. The van der Waals surface area contributed by atoms with Crippen LogP contribution in [0.1, 0.15) is 27.2 Å². The molecule has 0 aromatic carbocycles. The molecule has 0 bridgehead atoms. The van der Waals surface area contributed by atoms with Gasteiger partial charge in [-0.3, -0.25) is 0 Å². The first kappa shape index (κ1) is 13.7. The molecule has 2 rings (SSSR count). The zero-order valence-corrected chi connectivity index (χ0v) is 13.6. The van der Waals surface area contributed by atoms with E-state index in [0.29, 0.717) is 15.8 Å². The summed E-state index contributed by atoms with van der Waals surface area (Å²) in [5.41, 5.74) is 3.76. The molecule has 1 aliphatic heterocycles. The van der Waals surface area contributed by atoms with Crippen LogP contribution < -0.4 is 10.2 Å². The first-order valence-corrected chi connectivity index (χ1v) is 9.52. The van der Waals surface area contributed by atoms with Gasteiger partial charge in [0.1, 0.15) is 0 Å². The molecule has 18 heavy (non-hydrogen) atoms. The molecule has 0 spiro atoms. The fraction of sp³-hybridized carbons (Fsp3) is 0.643. The Hall–Kier alpha value is -0.692. The van der Waals surface area contributed by atoms with Gasteiger partial charge in [0.2, 0.25) is 0 Å². The predicted molar refractivity (Wildman–Crippen MR) is 79.8 cm³/mol. The van der Waals surface area contributed by atoms with E-state index in [1.165, 1.54) is 25.2 Å². The van der Waals surface area contributed by atoms with Crippen LogP contribution in [0.15, 0.2) is 18.3 Å². The van der Waals surface area contributed by atoms with Crippen LogP contribution in [0.3, 0.4) is 0 Å². The molecule has 3 nitrogen and oxygen atoms in total. The quantitative estimate of drug-likeness (QED) is 0.870. The fourth-order valence-electron chi connectivity index (χ4n) is 2.26. The monoisotopic (exact) mass is 308 g/mol. The molecule has 0 aliphatic carbocycles. The number of rotatable bonds is 3. The van der Waals surface area contributed by atoms with Gasteiger partial charge >= 0.3 is 117 Å². The van der Waals surface area contributed by atoms with Gasteiger partial charge in [0, 0.05) is 0 Å². The van der Waals surface area contributed by atoms with Crippen LogP contribution in [0.25, 0.3) is 0 Å². The Morgan fingerprint density at radius 3 is 2.83 bits per heavy atom. The normalized spacial score (nSPS) is 20.9. The van der Waals surface area contributed by atoms with E-state index < -0.39 is 0 Å². The van der Waals surface area contributed by atoms with Gasteiger partial charge in [-0.1, -0.05) is 0 Å². The van der Waals surface area contributed by atoms with Crippen LogP contribution in [0.5, 0.6) is 0 Å². The number of hydrogen-bond donors (Lipinski definition) is 1. The molecule has 1 atom stereocenters. The van der Waals surface area contributed by atoms with E-state index >= 15 is 0 Å². The maximum atomic E-state index is 4.40. The molecule has 1 fully saturated rings. The van der Waals surface area contributed by atoms with Crippen LogP contribution in [-0.2, 0) is 0 Å². The van der Waals surface area contributed by atoms with E-state index in [1.807, 2.05) is 6.20 Å². The second-order valence-electron chi connectivity index (χ2n) is 5.92. The second kappa shape index (κ2) is 5.52. The van der Waals surface area contributed by atoms with E-state index in [0.717, 1.165) is 10.5 Å². The van der Waals surface area contributed by atoms with Gasteiger partial charge in [-0.05, 0) is 0 Å². The molecule has 0 amide bonds. The molecule has 1 radical (unpaired) electrons. The molecular weight excluding hydrogens is 285 g/mol. The second-order valence-corrected chi connectivity index (χ2v) is 8.54. The Labute approximate surface area is 117 Å². The van der Waals surface area contributed by atoms with E-state index in [2.05, 4.69) is 53.8 Å². The summed E-state index contributed by atoms with van der Waals surface area (Å²) in [5.74, 6) is 0.980.